The van der Waals surface area contributed by atoms with E-state index in [1.165, 1.54) is 11.3 Å². The van der Waals surface area contributed by atoms with Gasteiger partial charge in [0.15, 0.2) is 0 Å². The standard InChI is InChI=1S/C15H17BrN2OS/c1-18(2)10-12(11-6-4-3-5-7-11)17-15(19)13-8-9-14(16)20-13/h3-9,12H,10H2,1-2H3,(H,17,19). The molecule has 0 aliphatic carbocycles. The summed E-state index contributed by atoms with van der Waals surface area (Å²) in [7, 11) is 4.01. The van der Waals surface area contributed by atoms with Crippen molar-refractivity contribution in [3.8, 4) is 0 Å². The molecule has 0 radical (unpaired) electrons. The highest BCUT2D eigenvalue weighted by Crippen LogP contribution is 2.23. The molecule has 0 fully saturated rings. The molecule has 1 N–H and O–H groups in total. The molecular formula is C15H17BrN2OS. The quantitative estimate of drug-likeness (QED) is 0.892. The Kier molecular flexibility index (Phi) is 5.34. The molecule has 2 aromatic rings. The van der Waals surface area contributed by atoms with E-state index in [9.17, 15) is 4.79 Å². The van der Waals surface area contributed by atoms with Gasteiger partial charge in [-0.15, -0.1) is 11.3 Å². The normalized spacial score (nSPS) is 12.4. The summed E-state index contributed by atoms with van der Waals surface area (Å²) in [5, 5.41) is 3.10. The molecule has 0 aliphatic rings. The molecule has 3 nitrogen and oxygen atoms in total. The second-order valence-corrected chi connectivity index (χ2v) is 7.27. The number of amides is 1. The number of rotatable bonds is 5. The van der Waals surface area contributed by atoms with Crippen LogP contribution >= 0.6 is 27.3 Å². The molecule has 1 unspecified atom stereocenters. The number of carbonyl (C=O) groups is 1. The Balaban J connectivity index is 2.14. The van der Waals surface area contributed by atoms with E-state index < -0.39 is 0 Å². The van der Waals surface area contributed by atoms with Crippen molar-refractivity contribution in [2.24, 2.45) is 0 Å². The Morgan fingerprint density at radius 3 is 2.50 bits per heavy atom. The Bertz CT molecular complexity index is 568. The Morgan fingerprint density at radius 1 is 1.25 bits per heavy atom. The maximum atomic E-state index is 12.3. The number of carbonyl (C=O) groups excluding carboxylic acids is 1. The summed E-state index contributed by atoms with van der Waals surface area (Å²) >= 11 is 4.83. The fraction of sp³-hybridized carbons (Fsp3) is 0.267. The van der Waals surface area contributed by atoms with E-state index in [-0.39, 0.29) is 11.9 Å². The minimum Gasteiger partial charge on any atom is -0.343 e. The van der Waals surface area contributed by atoms with Crippen LogP contribution < -0.4 is 5.32 Å². The molecule has 1 amide bonds. The topological polar surface area (TPSA) is 32.3 Å². The van der Waals surface area contributed by atoms with Gasteiger partial charge in [-0.2, -0.15) is 0 Å². The van der Waals surface area contributed by atoms with Crippen LogP contribution in [0.25, 0.3) is 0 Å². The van der Waals surface area contributed by atoms with Crippen LogP contribution in [0.1, 0.15) is 21.3 Å². The smallest absolute Gasteiger partial charge is 0.261 e. The van der Waals surface area contributed by atoms with Crippen molar-refractivity contribution in [3.05, 3.63) is 56.7 Å². The zero-order valence-corrected chi connectivity index (χ0v) is 13.9. The highest BCUT2D eigenvalue weighted by atomic mass is 79.9. The molecule has 1 heterocycles. The van der Waals surface area contributed by atoms with Gasteiger partial charge < -0.3 is 10.2 Å². The molecule has 2 rings (SSSR count). The van der Waals surface area contributed by atoms with Crippen LogP contribution in [0.2, 0.25) is 0 Å². The highest BCUT2D eigenvalue weighted by molar-refractivity contribution is 9.11. The Hall–Kier alpha value is -1.17. The lowest BCUT2D eigenvalue weighted by Crippen LogP contribution is -2.34. The average molecular weight is 353 g/mol. The second-order valence-electron chi connectivity index (χ2n) is 4.80. The lowest BCUT2D eigenvalue weighted by Gasteiger charge is -2.22. The number of benzene rings is 1. The van der Waals surface area contributed by atoms with Crippen LogP contribution in [0, 0.1) is 0 Å². The van der Waals surface area contributed by atoms with Crippen molar-refractivity contribution in [1.82, 2.24) is 10.2 Å². The molecule has 5 heteroatoms. The zero-order chi connectivity index (χ0) is 14.5. The van der Waals surface area contributed by atoms with Crippen LogP contribution in [-0.4, -0.2) is 31.4 Å². The van der Waals surface area contributed by atoms with E-state index in [0.717, 1.165) is 20.8 Å². The van der Waals surface area contributed by atoms with Gasteiger partial charge in [-0.25, -0.2) is 0 Å². The molecule has 106 valence electrons. The minimum atomic E-state index is -0.0311. The van der Waals surface area contributed by atoms with Crippen LogP contribution in [0.4, 0.5) is 0 Å². The summed E-state index contributed by atoms with van der Waals surface area (Å²) < 4.78 is 0.964. The molecule has 0 saturated heterocycles. The number of nitrogens with one attached hydrogen (secondary N) is 1. The first-order chi connectivity index (χ1) is 9.56. The largest absolute Gasteiger partial charge is 0.343 e. The maximum Gasteiger partial charge on any atom is 0.261 e. The summed E-state index contributed by atoms with van der Waals surface area (Å²) in [6, 6.07) is 13.8. The molecule has 0 spiro atoms. The molecule has 0 aliphatic heterocycles. The molecule has 1 aromatic heterocycles. The van der Waals surface area contributed by atoms with E-state index in [2.05, 4.69) is 26.1 Å². The number of hydrogen-bond acceptors (Lipinski definition) is 3. The monoisotopic (exact) mass is 352 g/mol. The SMILES string of the molecule is CN(C)CC(NC(=O)c1ccc(Br)s1)c1ccccc1. The molecule has 1 atom stereocenters. The van der Waals surface area contributed by atoms with Crippen LogP contribution in [0.3, 0.4) is 0 Å². The van der Waals surface area contributed by atoms with Crippen molar-refractivity contribution in [2.45, 2.75) is 6.04 Å². The van der Waals surface area contributed by atoms with E-state index in [1.54, 1.807) is 0 Å². The van der Waals surface area contributed by atoms with E-state index >= 15 is 0 Å². The van der Waals surface area contributed by atoms with Crippen molar-refractivity contribution in [1.29, 1.82) is 0 Å². The first kappa shape index (κ1) is 15.2. The minimum absolute atomic E-state index is 0.0143. The van der Waals surface area contributed by atoms with Crippen molar-refractivity contribution >= 4 is 33.2 Å². The Labute approximate surface area is 131 Å². The highest BCUT2D eigenvalue weighted by Gasteiger charge is 2.17. The number of hydrogen-bond donors (Lipinski definition) is 1. The number of thiophene rings is 1. The van der Waals surface area contributed by atoms with E-state index in [1.807, 2.05) is 56.6 Å². The fourth-order valence-corrected chi connectivity index (χ4v) is 3.24. The van der Waals surface area contributed by atoms with Gasteiger partial charge in [0.2, 0.25) is 0 Å². The van der Waals surface area contributed by atoms with E-state index in [0.29, 0.717) is 0 Å². The predicted molar refractivity (Wildman–Crippen MR) is 87.2 cm³/mol. The third-order valence-corrected chi connectivity index (χ3v) is 4.47. The number of halogens is 1. The summed E-state index contributed by atoms with van der Waals surface area (Å²) in [6.07, 6.45) is 0. The maximum absolute atomic E-state index is 12.3. The summed E-state index contributed by atoms with van der Waals surface area (Å²) in [6.45, 7) is 0.766. The lowest BCUT2D eigenvalue weighted by atomic mass is 10.1. The molecule has 0 bridgehead atoms. The zero-order valence-electron chi connectivity index (χ0n) is 11.5. The van der Waals surface area contributed by atoms with Gasteiger partial charge in [-0.3, -0.25) is 4.79 Å². The lowest BCUT2D eigenvalue weighted by molar-refractivity contribution is 0.0934. The Morgan fingerprint density at radius 2 is 1.95 bits per heavy atom. The first-order valence-corrected chi connectivity index (χ1v) is 7.93. The van der Waals surface area contributed by atoms with Gasteiger partial charge in [0.05, 0.1) is 14.7 Å². The molecule has 0 saturated carbocycles. The molecule has 1 aromatic carbocycles. The van der Waals surface area contributed by atoms with Crippen molar-refractivity contribution in [2.75, 3.05) is 20.6 Å². The molecule has 20 heavy (non-hydrogen) atoms. The average Bonchev–Trinajstić information content (AvgIpc) is 2.85. The first-order valence-electron chi connectivity index (χ1n) is 6.32. The van der Waals surface area contributed by atoms with Gasteiger partial charge in [0.1, 0.15) is 0 Å². The van der Waals surface area contributed by atoms with Gasteiger partial charge in [-0.1, -0.05) is 30.3 Å². The summed E-state index contributed by atoms with van der Waals surface area (Å²) in [5.74, 6) is -0.0311. The molecular weight excluding hydrogens is 336 g/mol. The van der Waals surface area contributed by atoms with E-state index in [4.69, 9.17) is 0 Å². The van der Waals surface area contributed by atoms with Gasteiger partial charge in [0, 0.05) is 6.54 Å². The van der Waals surface area contributed by atoms with Crippen LogP contribution in [0.15, 0.2) is 46.3 Å². The van der Waals surface area contributed by atoms with Gasteiger partial charge in [-0.05, 0) is 47.7 Å². The number of nitrogens with zero attached hydrogens (tertiary/aromatic N) is 1. The fourth-order valence-electron chi connectivity index (χ4n) is 1.95. The van der Waals surface area contributed by atoms with Gasteiger partial charge in [0.25, 0.3) is 5.91 Å². The third-order valence-electron chi connectivity index (χ3n) is 2.85. The van der Waals surface area contributed by atoms with Gasteiger partial charge >= 0.3 is 0 Å². The van der Waals surface area contributed by atoms with Crippen molar-refractivity contribution in [3.63, 3.8) is 0 Å². The van der Waals surface area contributed by atoms with Crippen LogP contribution in [0.5, 0.6) is 0 Å². The summed E-state index contributed by atoms with van der Waals surface area (Å²) in [5.41, 5.74) is 1.12. The second kappa shape index (κ2) is 7.02. The summed E-state index contributed by atoms with van der Waals surface area (Å²) in [4.78, 5) is 15.1. The van der Waals surface area contributed by atoms with Crippen LogP contribution in [-0.2, 0) is 0 Å². The predicted octanol–water partition coefficient (Wildman–Crippen LogP) is 3.54. The number of likely N-dealkylation sites (N-methyl/N-ethyl adjacent to an activating group) is 1. The van der Waals surface area contributed by atoms with Crippen molar-refractivity contribution < 1.29 is 4.79 Å². The third kappa shape index (κ3) is 4.16.